The molecule has 40 heteroatoms. The van der Waals surface area contributed by atoms with Crippen LogP contribution in [-0.2, 0) is 55.8 Å². The zero-order valence-corrected chi connectivity index (χ0v) is 85.5. The fraction of sp³-hybridized carbons (Fsp3) is 0.684. The number of carboxylic acid groups (broad SMARTS) is 2. The predicted molar refractivity (Wildman–Crippen MR) is 543 cm³/mol. The number of methoxy groups -OCH3 is 2. The van der Waals surface area contributed by atoms with Crippen molar-refractivity contribution in [1.29, 1.82) is 21.0 Å². The van der Waals surface area contributed by atoms with E-state index >= 15 is 0 Å². The Labute approximate surface area is 857 Å². The smallest absolute Gasteiger partial charge is 1.00 e. The number of halogens is 3. The van der Waals surface area contributed by atoms with E-state index in [1.165, 1.54) is 52.9 Å². The van der Waals surface area contributed by atoms with Crippen LogP contribution in [0.25, 0.3) is 0 Å². The number of β-amino-alcohol motifs (C(OH)–C–C–N with tert-alkyl or cyclic N) is 4. The molecule has 0 unspecified atom stereocenters. The number of ketones is 1. The van der Waals surface area contributed by atoms with Crippen LogP contribution >= 0.6 is 21.4 Å². The number of aliphatic hydroxyl groups is 7. The molecule has 12 rings (SSSR count). The summed E-state index contributed by atoms with van der Waals surface area (Å²) in [5, 5.41) is 156. The summed E-state index contributed by atoms with van der Waals surface area (Å²) in [5.41, 5.74) is 10.9. The Morgan fingerprint density at radius 3 is 1.39 bits per heavy atom. The van der Waals surface area contributed by atoms with Crippen molar-refractivity contribution in [2.24, 2.45) is 57.8 Å². The van der Waals surface area contributed by atoms with E-state index in [9.17, 15) is 39.3 Å². The van der Waals surface area contributed by atoms with Gasteiger partial charge >= 0.3 is 61.2 Å². The standard InChI is InChI=1S/C13H17NO3.C12H17NO2.C10H18BNO2.C10H15N.C9H18BNO4.C9H14N2.C8H14O.C8H12O.C6H11NO3.C5H9NO3.C4H7NO.C2H3.2CH4.Cl2OS.ClH.Mg.H3N.H2O/c1-17-13(16)12-7-11(15)9-14(12)8-10-5-3-2-4-6-10;14-9-11-6-12(15)8-13(11)7-10-4-2-1-3-5-10;1-10(8-12)5-2-3-9(7-10)4-6-11(13)14;1-3-9-5-4-6-10(2,7-9)8-11;11-9(8(12)13)4-1-2-7(6-9)3-5-10(14)15;1-2-8-4-3-5-9(11,6-8)7-10;2*1-2-7-4-3-5-8(9)6-7;1-10-6(9)5-2-4(8)3-7-5;7-3-1-4(5(8)9)6-2-3;1-4(2,6)3-5;1-2;;;1-4(2)3;;;;/h2-6,11-12,15H,7-9H2,1H3;1-5,11-12,14-15H,6-9H2;9,13-14H,2-7H2,1H3;3,9H,1,4-7H2,2H3;7,14-15H,1-6,11H2,(H,12,13);2,8H,1,3-6,11H2;2,7-9H,1,3-6H2;2,7H,1,3-6H2;4-5,7-8H,2-3H2,1H3;3-4,6-7H,1-2H2,(H,8,9);6H,1-2H3;1H,2H2;2*1H4;;1H;;1H3;1H2/q;;;;;;;;;;;-1;;;;;+2;;/p-1/t2*11-,12-;9-,10+;9-,10-;7-,9-;8-,9+;7-,8+;7-;4-,5-;3-,4-;;;;;;;;;/m1101011111........./s1. The maximum atomic E-state index is 11.6. The van der Waals surface area contributed by atoms with Crippen molar-refractivity contribution in [3.8, 4) is 24.3 Å². The van der Waals surface area contributed by atoms with Crippen molar-refractivity contribution in [2.45, 2.75) is 332 Å². The minimum atomic E-state index is -1.67. The molecule has 0 radical (unpaired) electrons. The molecule has 4 heterocycles. The number of rotatable bonds is 19. The molecule has 6 aliphatic carbocycles. The number of aliphatic hydroxyl groups excluding tert-OH is 6. The number of nitriles is 4. The molecule has 0 bridgehead atoms. The first-order chi connectivity index (χ1) is 62.3. The summed E-state index contributed by atoms with van der Waals surface area (Å²) in [6, 6.07) is 27.6. The molecule has 138 heavy (non-hydrogen) atoms. The molecule has 10 fully saturated rings. The number of esters is 2. The Morgan fingerprint density at radius 1 is 0.594 bits per heavy atom. The van der Waals surface area contributed by atoms with Gasteiger partial charge in [-0.2, -0.15) is 21.0 Å². The van der Waals surface area contributed by atoms with E-state index in [2.05, 4.69) is 118 Å². The molecule has 2 aromatic rings. The van der Waals surface area contributed by atoms with Gasteiger partial charge in [0.2, 0.25) is 9.23 Å². The van der Waals surface area contributed by atoms with Crippen LogP contribution in [0.4, 0.5) is 0 Å². The second-order valence-corrected chi connectivity index (χ2v) is 39.2. The summed E-state index contributed by atoms with van der Waals surface area (Å²) in [7, 11) is 7.59. The molecule has 19 atom stereocenters. The molecule has 0 spiro atoms. The number of carboxylic acids is 2. The summed E-state index contributed by atoms with van der Waals surface area (Å²) in [6.07, 6.45) is 33.4. The number of hydrogen-bond acceptors (Lipinski definition) is 30. The summed E-state index contributed by atoms with van der Waals surface area (Å²) in [5.74, 6) is 0.794. The molecular formula is C98H168B2Cl3MgN11O22S. The van der Waals surface area contributed by atoms with Gasteiger partial charge in [-0.3, -0.25) is 40.4 Å². The summed E-state index contributed by atoms with van der Waals surface area (Å²) >= 11 is 0. The van der Waals surface area contributed by atoms with Crippen LogP contribution < -0.4 is 40.7 Å². The zero-order chi connectivity index (χ0) is 100. The second-order valence-electron chi connectivity index (χ2n) is 36.6. The van der Waals surface area contributed by atoms with Gasteiger partial charge in [-0.05, 0) is 196 Å². The van der Waals surface area contributed by atoms with E-state index in [-0.39, 0.29) is 128 Å². The quantitative estimate of drug-likeness (QED) is 0.0159. The number of allylic oxidation sites excluding steroid dienone is 4. The molecule has 33 nitrogen and oxygen atoms in total. The van der Waals surface area contributed by atoms with Gasteiger partial charge in [0.1, 0.15) is 40.6 Å². The maximum Gasteiger partial charge on any atom is 2.00 e. The first-order valence-electron chi connectivity index (χ1n) is 45.8. The summed E-state index contributed by atoms with van der Waals surface area (Å²) in [6.45, 7) is 32.5. The topological polar surface area (TPSA) is 628 Å². The molecular weight excluding hydrogens is 1870 g/mol. The van der Waals surface area contributed by atoms with Gasteiger partial charge in [0.25, 0.3) is 0 Å². The Hall–Kier alpha value is -6.19. The van der Waals surface area contributed by atoms with Crippen LogP contribution in [0.3, 0.4) is 0 Å². The molecule has 0 aromatic heterocycles. The number of nitrogens with two attached hydrogens (primary N) is 2. The van der Waals surface area contributed by atoms with E-state index in [0.29, 0.717) is 126 Å². The largest absolute Gasteiger partial charge is 2.00 e. The monoisotopic (exact) mass is 2030 g/mol. The summed E-state index contributed by atoms with van der Waals surface area (Å²) < 4.78 is 18.3. The fourth-order valence-electron chi connectivity index (χ4n) is 17.1. The number of likely N-dealkylation sites (tertiary alicyclic amines) is 2. The molecule has 0 amide bonds. The molecule has 782 valence electrons. The SMILES string of the molecule is C.C.C=C[C@@H]1CCCC(=O)C1.C=C[C@@H]1CCC[C@@](C)(C#N)C1.C=C[C@@H]1CCC[C@@](N)(C#N)C1.C=C[C@@H]1CCC[C@H](O)C1.CC(C)(O)C#N.COC(=O)[C@H]1C[C@@H](O)CN1.COC(=O)[C@H]1C[C@@H](O)CN1Cc1ccccc1.C[C@@]1(C#N)CCC[C@@H](CCB(O)O)C1.N.N[C@@]1(C(=O)O)CCC[C@@H](CCB(O)O)C1.O.O=C(O)[C@H]1C[C@@H](O)CN1.O=S(Cl)Cl.OC[C@H]1C[C@@H](O)CN1Cc1ccccc1.[CH-]=C.[Cl-].[Mg+2]. The predicted octanol–water partition coefficient (Wildman–Crippen LogP) is 7.77. The Bertz CT molecular complexity index is 3810. The number of nitrogens with one attached hydrogen (secondary N) is 2. The first-order valence-corrected chi connectivity index (χ1v) is 48.6. The normalized spacial score (nSPS) is 28.2. The minimum Gasteiger partial charge on any atom is -1.00 e. The third-order valence-electron chi connectivity index (χ3n) is 24.5. The molecule has 4 aliphatic heterocycles. The maximum absolute atomic E-state index is 11.6. The van der Waals surface area contributed by atoms with Crippen LogP contribution in [0.2, 0.25) is 12.6 Å². The number of aliphatic carboxylic acids is 2. The Balaban J connectivity index is -0.000000273. The number of carbonyl (C=O) groups is 5. The number of Topliss-reactive ketones (excluding diaryl/α,β-unsaturated/α-hetero) is 1. The molecule has 10 aliphatic rings. The minimum absolute atomic E-state index is 0. The van der Waals surface area contributed by atoms with Crippen LogP contribution in [0.15, 0.2) is 118 Å². The van der Waals surface area contributed by atoms with E-state index < -0.39 is 76.4 Å². The van der Waals surface area contributed by atoms with Gasteiger partial charge in [-0.25, -0.2) is 4.21 Å². The van der Waals surface area contributed by atoms with E-state index in [1.54, 1.807) is 6.07 Å². The van der Waals surface area contributed by atoms with Crippen molar-refractivity contribution in [3.05, 3.63) is 136 Å². The van der Waals surface area contributed by atoms with Crippen molar-refractivity contribution in [1.82, 2.24) is 26.6 Å². The summed E-state index contributed by atoms with van der Waals surface area (Å²) in [4.78, 5) is 58.3. The van der Waals surface area contributed by atoms with Crippen molar-refractivity contribution >= 4 is 97.5 Å². The van der Waals surface area contributed by atoms with Gasteiger partial charge in [0.05, 0.1) is 86.5 Å². The van der Waals surface area contributed by atoms with Crippen molar-refractivity contribution < 1.29 is 122 Å². The Morgan fingerprint density at radius 2 is 1.01 bits per heavy atom. The van der Waals surface area contributed by atoms with Crippen LogP contribution in [0.5, 0.6) is 0 Å². The van der Waals surface area contributed by atoms with Crippen LogP contribution in [0.1, 0.15) is 246 Å². The average Bonchev–Trinajstić information content (AvgIpc) is 1.77. The number of hydrogen-bond donors (Lipinski definition) is 18. The van der Waals surface area contributed by atoms with Crippen molar-refractivity contribution in [2.75, 3.05) is 47.0 Å². The van der Waals surface area contributed by atoms with Gasteiger partial charge in [0.15, 0.2) is 0 Å². The fourth-order valence-corrected chi connectivity index (χ4v) is 17.1. The molecule has 4 saturated heterocycles. The molecule has 24 N–H and O–H groups in total. The van der Waals surface area contributed by atoms with Crippen LogP contribution in [0, 0.1) is 98.2 Å². The van der Waals surface area contributed by atoms with Gasteiger partial charge in [-0.1, -0.05) is 151 Å². The van der Waals surface area contributed by atoms with E-state index in [1.807, 2.05) is 84.7 Å². The third-order valence-corrected chi connectivity index (χ3v) is 24.5. The van der Waals surface area contributed by atoms with Crippen LogP contribution in [-0.4, -0.2) is 271 Å². The number of ether oxygens (including phenoxy) is 2. The first kappa shape index (κ1) is 145. The zero-order valence-electron chi connectivity index (χ0n) is 81.0. The number of carbonyl (C=O) groups excluding carboxylic acids is 3. The van der Waals surface area contributed by atoms with Gasteiger partial charge in [0, 0.05) is 98.8 Å². The molecule has 2 aromatic carbocycles. The number of nitrogens with zero attached hydrogens (tertiary/aromatic N) is 6. The van der Waals surface area contributed by atoms with Gasteiger partial charge in [-0.15, -0.1) is 26.3 Å². The second kappa shape index (κ2) is 80.2. The number of benzene rings is 2. The van der Waals surface area contributed by atoms with E-state index in [4.69, 9.17) is 92.2 Å². The third kappa shape index (κ3) is 65.2. The van der Waals surface area contributed by atoms with Gasteiger partial charge < -0.3 is 128 Å². The Kier molecular flexibility index (Phi) is 84.1. The molecule has 6 saturated carbocycles. The average molecular weight is 2040 g/mol. The van der Waals surface area contributed by atoms with Crippen molar-refractivity contribution in [3.63, 3.8) is 0 Å². The van der Waals surface area contributed by atoms with E-state index in [0.717, 1.165) is 141 Å².